The Labute approximate surface area is 123 Å². The molecule has 1 aliphatic rings. The fourth-order valence-corrected chi connectivity index (χ4v) is 3.19. The minimum Gasteiger partial charge on any atom is -0.334 e. The molecule has 2 N–H and O–H groups in total. The normalized spacial score (nSPS) is 20.0. The van der Waals surface area contributed by atoms with Crippen LogP contribution in [0.15, 0.2) is 24.3 Å². The number of hydrogen-bond acceptors (Lipinski definition) is 3. The van der Waals surface area contributed by atoms with E-state index in [0.29, 0.717) is 25.1 Å². The van der Waals surface area contributed by atoms with Crippen LogP contribution in [0.4, 0.5) is 14.9 Å². The lowest BCUT2D eigenvalue weighted by molar-refractivity contribution is 0.236. The van der Waals surface area contributed by atoms with E-state index in [4.69, 9.17) is 0 Å². The molecule has 1 unspecified atom stereocenters. The summed E-state index contributed by atoms with van der Waals surface area (Å²) in [4.78, 5) is 11.8. The fourth-order valence-electron chi connectivity index (χ4n) is 2.28. The molecule has 1 aromatic carbocycles. The largest absolute Gasteiger partial charge is 0.334 e. The van der Waals surface area contributed by atoms with Gasteiger partial charge in [-0.15, -0.1) is 0 Å². The number of halogens is 1. The number of anilines is 1. The van der Waals surface area contributed by atoms with Gasteiger partial charge in [-0.05, 0) is 31.0 Å². The van der Waals surface area contributed by atoms with Crippen LogP contribution in [0.3, 0.4) is 0 Å². The summed E-state index contributed by atoms with van der Waals surface area (Å²) < 4.78 is 37.4. The Kier molecular flexibility index (Phi) is 4.79. The van der Waals surface area contributed by atoms with E-state index in [1.54, 1.807) is 6.07 Å². The molecule has 0 radical (unpaired) electrons. The van der Waals surface area contributed by atoms with Crippen molar-refractivity contribution in [2.24, 2.45) is 0 Å². The maximum Gasteiger partial charge on any atom is 0.319 e. The first-order valence-electron chi connectivity index (χ1n) is 6.63. The number of amides is 2. The van der Waals surface area contributed by atoms with Gasteiger partial charge in [0.15, 0.2) is 0 Å². The Bertz CT molecular complexity index is 621. The van der Waals surface area contributed by atoms with Crippen LogP contribution in [0, 0.1) is 5.82 Å². The van der Waals surface area contributed by atoms with Crippen molar-refractivity contribution in [1.82, 2.24) is 9.62 Å². The number of rotatable bonds is 3. The Morgan fingerprint density at radius 1 is 1.43 bits per heavy atom. The van der Waals surface area contributed by atoms with Crippen LogP contribution < -0.4 is 10.6 Å². The van der Waals surface area contributed by atoms with Crippen molar-refractivity contribution in [1.29, 1.82) is 0 Å². The van der Waals surface area contributed by atoms with Crippen LogP contribution >= 0.6 is 0 Å². The summed E-state index contributed by atoms with van der Waals surface area (Å²) in [5, 5.41) is 5.24. The predicted octanol–water partition coefficient (Wildman–Crippen LogP) is 1.37. The molecule has 1 heterocycles. The van der Waals surface area contributed by atoms with Crippen LogP contribution in [0.1, 0.15) is 12.8 Å². The van der Waals surface area contributed by atoms with Crippen LogP contribution in [0.2, 0.25) is 0 Å². The van der Waals surface area contributed by atoms with Gasteiger partial charge in [-0.1, -0.05) is 6.07 Å². The fraction of sp³-hybridized carbons (Fsp3) is 0.462. The molecule has 1 aromatic rings. The van der Waals surface area contributed by atoms with Gasteiger partial charge >= 0.3 is 6.03 Å². The molecule has 2 amide bonds. The summed E-state index contributed by atoms with van der Waals surface area (Å²) in [5.41, 5.74) is 0.350. The lowest BCUT2D eigenvalue weighted by Crippen LogP contribution is -2.50. The molecule has 1 saturated heterocycles. The van der Waals surface area contributed by atoms with E-state index in [-0.39, 0.29) is 12.6 Å². The Hall–Kier alpha value is -1.67. The predicted molar refractivity (Wildman–Crippen MR) is 78.0 cm³/mol. The SMILES string of the molecule is CS(=O)(=O)N1CCCC(NC(=O)Nc2cccc(F)c2)C1. The summed E-state index contributed by atoms with van der Waals surface area (Å²) in [7, 11) is -3.25. The highest BCUT2D eigenvalue weighted by Gasteiger charge is 2.26. The molecule has 2 rings (SSSR count). The lowest BCUT2D eigenvalue weighted by atomic mass is 10.1. The number of nitrogens with one attached hydrogen (secondary N) is 2. The molecule has 6 nitrogen and oxygen atoms in total. The second-order valence-electron chi connectivity index (χ2n) is 5.07. The van der Waals surface area contributed by atoms with E-state index in [9.17, 15) is 17.6 Å². The van der Waals surface area contributed by atoms with E-state index in [1.807, 2.05) is 0 Å². The first-order valence-corrected chi connectivity index (χ1v) is 8.47. The number of hydrogen-bond donors (Lipinski definition) is 2. The highest BCUT2D eigenvalue weighted by Crippen LogP contribution is 2.14. The van der Waals surface area contributed by atoms with Gasteiger partial charge in [0.05, 0.1) is 6.26 Å². The first kappa shape index (κ1) is 15.7. The van der Waals surface area contributed by atoms with E-state index in [0.717, 1.165) is 6.26 Å². The van der Waals surface area contributed by atoms with Crippen molar-refractivity contribution in [2.45, 2.75) is 18.9 Å². The molecular formula is C13H18FN3O3S. The van der Waals surface area contributed by atoms with Crippen LogP contribution in [0.5, 0.6) is 0 Å². The molecule has 0 aliphatic carbocycles. The zero-order valence-corrected chi connectivity index (χ0v) is 12.5. The lowest BCUT2D eigenvalue weighted by Gasteiger charge is -2.31. The monoisotopic (exact) mass is 315 g/mol. The maximum absolute atomic E-state index is 13.0. The number of nitrogens with zero attached hydrogens (tertiary/aromatic N) is 1. The van der Waals surface area contributed by atoms with Gasteiger partial charge in [0.25, 0.3) is 0 Å². The van der Waals surface area contributed by atoms with E-state index in [2.05, 4.69) is 10.6 Å². The van der Waals surface area contributed by atoms with Crippen molar-refractivity contribution in [3.63, 3.8) is 0 Å². The summed E-state index contributed by atoms with van der Waals surface area (Å²) in [6.07, 6.45) is 2.56. The second kappa shape index (κ2) is 6.40. The van der Waals surface area contributed by atoms with Gasteiger partial charge in [0.2, 0.25) is 10.0 Å². The quantitative estimate of drug-likeness (QED) is 0.884. The molecule has 1 fully saturated rings. The number of carbonyl (C=O) groups excluding carboxylic acids is 1. The standard InChI is InChI=1S/C13H18FN3O3S/c1-21(19,20)17-7-3-6-12(9-17)16-13(18)15-11-5-2-4-10(14)8-11/h2,4-5,8,12H,3,6-7,9H2,1H3,(H2,15,16,18). The third kappa shape index (κ3) is 4.68. The molecule has 0 saturated carbocycles. The average Bonchev–Trinajstić information content (AvgIpc) is 2.37. The smallest absolute Gasteiger partial charge is 0.319 e. The van der Waals surface area contributed by atoms with Crippen LogP contribution in [0.25, 0.3) is 0 Å². The summed E-state index contributed by atoms with van der Waals surface area (Å²) in [6, 6.07) is 4.85. The van der Waals surface area contributed by atoms with E-state index in [1.165, 1.54) is 22.5 Å². The topological polar surface area (TPSA) is 78.5 Å². The van der Waals surface area contributed by atoms with Crippen LogP contribution in [-0.2, 0) is 10.0 Å². The van der Waals surface area contributed by atoms with Gasteiger partial charge in [0, 0.05) is 24.8 Å². The van der Waals surface area contributed by atoms with E-state index >= 15 is 0 Å². The second-order valence-corrected chi connectivity index (χ2v) is 7.05. The van der Waals surface area contributed by atoms with Crippen LogP contribution in [-0.4, -0.2) is 44.1 Å². The third-order valence-electron chi connectivity index (χ3n) is 3.27. The highest BCUT2D eigenvalue weighted by atomic mass is 32.2. The first-order chi connectivity index (χ1) is 9.84. The Balaban J connectivity index is 1.90. The molecular weight excluding hydrogens is 297 g/mol. The molecule has 1 atom stereocenters. The van der Waals surface area contributed by atoms with E-state index < -0.39 is 21.9 Å². The average molecular weight is 315 g/mol. The van der Waals surface area contributed by atoms with Gasteiger partial charge in [-0.2, -0.15) is 0 Å². The van der Waals surface area contributed by atoms with Crippen molar-refractivity contribution in [3.8, 4) is 0 Å². The van der Waals surface area contributed by atoms with Crippen molar-refractivity contribution in [3.05, 3.63) is 30.1 Å². The minimum absolute atomic E-state index is 0.248. The molecule has 21 heavy (non-hydrogen) atoms. The molecule has 1 aliphatic heterocycles. The summed E-state index contributed by atoms with van der Waals surface area (Å²) in [6.45, 7) is 0.734. The highest BCUT2D eigenvalue weighted by molar-refractivity contribution is 7.88. The van der Waals surface area contributed by atoms with Gasteiger partial charge in [-0.25, -0.2) is 21.9 Å². The number of piperidine rings is 1. The number of benzene rings is 1. The number of sulfonamides is 1. The molecule has 0 aromatic heterocycles. The van der Waals surface area contributed by atoms with Crippen molar-refractivity contribution in [2.75, 3.05) is 24.7 Å². The van der Waals surface area contributed by atoms with Gasteiger partial charge < -0.3 is 10.6 Å². The number of carbonyl (C=O) groups is 1. The summed E-state index contributed by atoms with van der Waals surface area (Å²) >= 11 is 0. The molecule has 0 bridgehead atoms. The zero-order valence-electron chi connectivity index (χ0n) is 11.7. The van der Waals surface area contributed by atoms with Crippen molar-refractivity contribution >= 4 is 21.7 Å². The molecule has 8 heteroatoms. The molecule has 116 valence electrons. The summed E-state index contributed by atoms with van der Waals surface area (Å²) in [5.74, 6) is -0.436. The van der Waals surface area contributed by atoms with Gasteiger partial charge in [-0.3, -0.25) is 0 Å². The van der Waals surface area contributed by atoms with Gasteiger partial charge in [0.1, 0.15) is 5.82 Å². The maximum atomic E-state index is 13.0. The number of urea groups is 1. The Morgan fingerprint density at radius 2 is 2.19 bits per heavy atom. The zero-order chi connectivity index (χ0) is 15.5. The Morgan fingerprint density at radius 3 is 2.86 bits per heavy atom. The molecule has 0 spiro atoms. The third-order valence-corrected chi connectivity index (χ3v) is 4.54. The minimum atomic E-state index is -3.25. The van der Waals surface area contributed by atoms with Crippen molar-refractivity contribution < 1.29 is 17.6 Å².